The van der Waals surface area contributed by atoms with Crippen molar-refractivity contribution >= 4 is 0 Å². The molecule has 1 N–H and O–H groups in total. The summed E-state index contributed by atoms with van der Waals surface area (Å²) in [4.78, 5) is 0. The van der Waals surface area contributed by atoms with Crippen LogP contribution in [0.2, 0.25) is 0 Å². The van der Waals surface area contributed by atoms with Crippen LogP contribution in [-0.2, 0) is 0 Å². The number of halogens is 1. The maximum absolute atomic E-state index is 13.1. The Morgan fingerprint density at radius 2 is 2.17 bits per heavy atom. The van der Waals surface area contributed by atoms with E-state index < -0.39 is 0 Å². The van der Waals surface area contributed by atoms with Crippen LogP contribution in [0, 0.1) is 17.7 Å². The summed E-state index contributed by atoms with van der Waals surface area (Å²) in [5, 5.41) is 8.66. The van der Waals surface area contributed by atoms with Gasteiger partial charge in [-0.1, -0.05) is 31.6 Å². The third kappa shape index (κ3) is 5.20. The molecular formula is C15H19FO2. The lowest BCUT2D eigenvalue weighted by Crippen LogP contribution is -1.99. The Balaban J connectivity index is 2.68. The first kappa shape index (κ1) is 14.5. The van der Waals surface area contributed by atoms with Gasteiger partial charge in [-0.3, -0.25) is 0 Å². The van der Waals surface area contributed by atoms with Crippen molar-refractivity contribution in [3.8, 4) is 17.6 Å². The molecule has 18 heavy (non-hydrogen) atoms. The molecule has 1 aromatic rings. The molecule has 1 aromatic carbocycles. The minimum absolute atomic E-state index is 0.0287. The second-order valence-electron chi connectivity index (χ2n) is 3.97. The molecule has 0 radical (unpaired) electrons. The molecule has 0 aliphatic heterocycles. The number of rotatable bonds is 6. The first-order valence-corrected chi connectivity index (χ1v) is 6.30. The van der Waals surface area contributed by atoms with Crippen molar-refractivity contribution in [3.05, 3.63) is 29.6 Å². The summed E-state index contributed by atoms with van der Waals surface area (Å²) in [5.74, 6) is 5.85. The molecule has 0 spiro atoms. The Kier molecular flexibility index (Phi) is 6.90. The van der Waals surface area contributed by atoms with Crippen LogP contribution in [0.15, 0.2) is 18.2 Å². The highest BCUT2D eigenvalue weighted by Crippen LogP contribution is 2.19. The van der Waals surface area contributed by atoms with Gasteiger partial charge >= 0.3 is 0 Å². The Morgan fingerprint density at radius 3 is 2.89 bits per heavy atom. The average Bonchev–Trinajstić information content (AvgIpc) is 2.37. The lowest BCUT2D eigenvalue weighted by molar-refractivity contribution is 0.303. The molecule has 0 unspecified atom stereocenters. The summed E-state index contributed by atoms with van der Waals surface area (Å²) >= 11 is 0. The van der Waals surface area contributed by atoms with Crippen molar-refractivity contribution in [1.29, 1.82) is 0 Å². The standard InChI is InChI=1S/C15H19FO2/c1-2-3-6-11-18-15-12-14(16)9-8-13(15)7-4-5-10-17/h8-9,12,17H,2-3,5-6,10-11H2,1H3. The smallest absolute Gasteiger partial charge is 0.137 e. The quantitative estimate of drug-likeness (QED) is 0.621. The third-order valence-electron chi connectivity index (χ3n) is 2.41. The van der Waals surface area contributed by atoms with E-state index in [2.05, 4.69) is 18.8 Å². The summed E-state index contributed by atoms with van der Waals surface area (Å²) in [6, 6.07) is 4.33. The zero-order chi connectivity index (χ0) is 13.2. The molecule has 0 aromatic heterocycles. The van der Waals surface area contributed by atoms with Gasteiger partial charge in [0.15, 0.2) is 0 Å². The number of hydrogen-bond acceptors (Lipinski definition) is 2. The van der Waals surface area contributed by atoms with E-state index in [1.165, 1.54) is 12.1 Å². The number of unbranched alkanes of at least 4 members (excludes halogenated alkanes) is 2. The van der Waals surface area contributed by atoms with Gasteiger partial charge in [0.1, 0.15) is 11.6 Å². The third-order valence-corrected chi connectivity index (χ3v) is 2.41. The highest BCUT2D eigenvalue weighted by atomic mass is 19.1. The predicted molar refractivity (Wildman–Crippen MR) is 70.0 cm³/mol. The van der Waals surface area contributed by atoms with Crippen molar-refractivity contribution < 1.29 is 14.2 Å². The van der Waals surface area contributed by atoms with Crippen LogP contribution in [0.4, 0.5) is 4.39 Å². The summed E-state index contributed by atoms with van der Waals surface area (Å²) in [7, 11) is 0. The predicted octanol–water partition coefficient (Wildman–Crippen LogP) is 3.13. The molecule has 1 rings (SSSR count). The number of hydrogen-bond donors (Lipinski definition) is 1. The van der Waals surface area contributed by atoms with Crippen molar-refractivity contribution in [2.75, 3.05) is 13.2 Å². The molecule has 0 aliphatic carbocycles. The maximum atomic E-state index is 13.1. The van der Waals surface area contributed by atoms with Crippen LogP contribution < -0.4 is 4.74 Å². The molecule has 0 saturated carbocycles. The molecule has 0 fully saturated rings. The summed E-state index contributed by atoms with van der Waals surface area (Å²) < 4.78 is 18.7. The minimum atomic E-state index is -0.326. The maximum Gasteiger partial charge on any atom is 0.137 e. The molecule has 0 heterocycles. The highest BCUT2D eigenvalue weighted by molar-refractivity contribution is 5.46. The summed E-state index contributed by atoms with van der Waals surface area (Å²) in [5.41, 5.74) is 0.668. The van der Waals surface area contributed by atoms with Crippen LogP contribution in [0.25, 0.3) is 0 Å². The van der Waals surface area contributed by atoms with E-state index in [0.29, 0.717) is 24.3 Å². The SMILES string of the molecule is CCCCCOc1cc(F)ccc1C#CCCO. The van der Waals surface area contributed by atoms with E-state index in [9.17, 15) is 4.39 Å². The largest absolute Gasteiger partial charge is 0.492 e. The first-order chi connectivity index (χ1) is 8.77. The topological polar surface area (TPSA) is 29.5 Å². The fraction of sp³-hybridized carbons (Fsp3) is 0.467. The van der Waals surface area contributed by atoms with Gasteiger partial charge in [0, 0.05) is 12.5 Å². The van der Waals surface area contributed by atoms with Crippen LogP contribution >= 0.6 is 0 Å². The molecule has 0 aliphatic rings. The van der Waals surface area contributed by atoms with Gasteiger partial charge in [-0.2, -0.15) is 0 Å². The molecule has 0 atom stereocenters. The van der Waals surface area contributed by atoms with Gasteiger partial charge in [0.25, 0.3) is 0 Å². The second-order valence-corrected chi connectivity index (χ2v) is 3.97. The Labute approximate surface area is 108 Å². The number of aliphatic hydroxyl groups is 1. The molecular weight excluding hydrogens is 231 g/mol. The van der Waals surface area contributed by atoms with Crippen molar-refractivity contribution in [2.24, 2.45) is 0 Å². The van der Waals surface area contributed by atoms with Gasteiger partial charge in [0.2, 0.25) is 0 Å². The lowest BCUT2D eigenvalue weighted by Gasteiger charge is -2.08. The number of benzene rings is 1. The van der Waals surface area contributed by atoms with E-state index in [1.54, 1.807) is 6.07 Å². The molecule has 0 amide bonds. The fourth-order valence-electron chi connectivity index (χ4n) is 1.47. The molecule has 3 heteroatoms. The Bertz CT molecular complexity index is 418. The van der Waals surface area contributed by atoms with Crippen LogP contribution in [0.1, 0.15) is 38.2 Å². The van der Waals surface area contributed by atoms with Crippen molar-refractivity contribution in [3.63, 3.8) is 0 Å². The Hall–Kier alpha value is -1.53. The van der Waals surface area contributed by atoms with Gasteiger partial charge in [-0.15, -0.1) is 0 Å². The minimum Gasteiger partial charge on any atom is -0.492 e. The monoisotopic (exact) mass is 250 g/mol. The molecule has 98 valence electrons. The number of aliphatic hydroxyl groups excluding tert-OH is 1. The second kappa shape index (κ2) is 8.54. The van der Waals surface area contributed by atoms with Gasteiger partial charge in [-0.25, -0.2) is 4.39 Å². The van der Waals surface area contributed by atoms with Crippen molar-refractivity contribution in [1.82, 2.24) is 0 Å². The summed E-state index contributed by atoms with van der Waals surface area (Å²) in [6.45, 7) is 2.72. The molecule has 2 nitrogen and oxygen atoms in total. The molecule has 0 bridgehead atoms. The number of ether oxygens (including phenoxy) is 1. The normalized spacial score (nSPS) is 9.72. The zero-order valence-electron chi connectivity index (χ0n) is 10.7. The van der Waals surface area contributed by atoms with E-state index in [4.69, 9.17) is 9.84 Å². The van der Waals surface area contributed by atoms with E-state index in [-0.39, 0.29) is 12.4 Å². The molecule has 0 saturated heterocycles. The van der Waals surface area contributed by atoms with Crippen LogP contribution in [0.3, 0.4) is 0 Å². The summed E-state index contributed by atoms with van der Waals surface area (Å²) in [6.07, 6.45) is 3.58. The van der Waals surface area contributed by atoms with E-state index in [0.717, 1.165) is 19.3 Å². The Morgan fingerprint density at radius 1 is 1.33 bits per heavy atom. The zero-order valence-corrected chi connectivity index (χ0v) is 10.7. The first-order valence-electron chi connectivity index (χ1n) is 6.30. The van der Waals surface area contributed by atoms with Gasteiger partial charge in [0.05, 0.1) is 18.8 Å². The lowest BCUT2D eigenvalue weighted by atomic mass is 10.2. The fourth-order valence-corrected chi connectivity index (χ4v) is 1.47. The van der Waals surface area contributed by atoms with E-state index in [1.807, 2.05) is 0 Å². The van der Waals surface area contributed by atoms with Crippen LogP contribution in [0.5, 0.6) is 5.75 Å². The van der Waals surface area contributed by atoms with Gasteiger partial charge < -0.3 is 9.84 Å². The average molecular weight is 250 g/mol. The van der Waals surface area contributed by atoms with Crippen LogP contribution in [-0.4, -0.2) is 18.3 Å². The van der Waals surface area contributed by atoms with E-state index >= 15 is 0 Å². The van der Waals surface area contributed by atoms with Crippen molar-refractivity contribution in [2.45, 2.75) is 32.6 Å². The highest BCUT2D eigenvalue weighted by Gasteiger charge is 2.03. The van der Waals surface area contributed by atoms with Gasteiger partial charge in [-0.05, 0) is 18.6 Å².